The van der Waals surface area contributed by atoms with Gasteiger partial charge in [0.15, 0.2) is 17.5 Å². The molecule has 101 heavy (non-hydrogen) atoms. The number of aryl methyl sites for hydroxylation is 6. The van der Waals surface area contributed by atoms with E-state index in [1.54, 1.807) is 24.3 Å². The number of unbranched alkanes of at least 4 members (excludes halogenated alkanes) is 3. The summed E-state index contributed by atoms with van der Waals surface area (Å²) in [4.78, 5) is 77.8. The van der Waals surface area contributed by atoms with Crippen molar-refractivity contribution in [2.24, 2.45) is 0 Å². The van der Waals surface area contributed by atoms with Crippen molar-refractivity contribution in [3.8, 4) is 5.75 Å². The summed E-state index contributed by atoms with van der Waals surface area (Å²) in [7, 11) is 0. The lowest BCUT2D eigenvalue weighted by Crippen LogP contribution is -2.23. The zero-order valence-electron chi connectivity index (χ0n) is 55.3. The van der Waals surface area contributed by atoms with Crippen LogP contribution >= 0.6 is 34.0 Å². The number of nitrogens with zero attached hydrogens (tertiary/aromatic N) is 14. The molecular formula is C64H69F7N20O7S3. The third kappa shape index (κ3) is 28.0. The maximum absolute atomic E-state index is 14.0. The first kappa shape index (κ1) is 77.9. The van der Waals surface area contributed by atoms with Gasteiger partial charge in [0.05, 0.1) is 29.3 Å². The van der Waals surface area contributed by atoms with Gasteiger partial charge in [0.1, 0.15) is 26.6 Å². The second-order valence-electron chi connectivity index (χ2n) is 22.5. The number of hydrogen-bond donors (Lipinski definition) is 6. The van der Waals surface area contributed by atoms with Crippen molar-refractivity contribution in [1.82, 2.24) is 87.1 Å². The van der Waals surface area contributed by atoms with Crippen LogP contribution in [0.3, 0.4) is 0 Å². The molecule has 0 aliphatic carbocycles. The molecule has 0 aliphatic heterocycles. The monoisotopic (exact) mass is 1460 g/mol. The number of halogens is 7. The van der Waals surface area contributed by atoms with Crippen LogP contribution in [0, 0.1) is 5.82 Å². The number of alkyl halides is 6. The first-order chi connectivity index (χ1) is 48.0. The number of amides is 6. The molecule has 0 saturated heterocycles. The average molecular weight is 1460 g/mol. The fourth-order valence-corrected chi connectivity index (χ4v) is 11.1. The number of hydrogen-bond acceptors (Lipinski definition) is 24. The highest BCUT2D eigenvalue weighted by molar-refractivity contribution is 7.13. The largest absolute Gasteiger partial charge is 0.433 e. The Balaban J connectivity index is 0.000000213. The molecule has 8 aromatic heterocycles. The molecular weight excluding hydrogens is 1390 g/mol. The molecule has 0 fully saturated rings. The molecule has 0 saturated carbocycles. The highest BCUT2D eigenvalue weighted by Gasteiger charge is 2.27. The highest BCUT2D eigenvalue weighted by Crippen LogP contribution is 2.29. The van der Waals surface area contributed by atoms with Gasteiger partial charge in [0, 0.05) is 109 Å². The van der Waals surface area contributed by atoms with Crippen LogP contribution in [0.25, 0.3) is 0 Å². The smallest absolute Gasteiger partial charge is 0.394 e. The topological polar surface area (TPSA) is 364 Å². The van der Waals surface area contributed by atoms with Crippen molar-refractivity contribution >= 4 is 86.9 Å². The third-order valence-corrected chi connectivity index (χ3v) is 16.5. The summed E-state index contributed by atoms with van der Waals surface area (Å²) in [5.41, 5.74) is 2.87. The Hall–Kier alpha value is -10.4. The standard InChI is InChI=1S/C22H23F3N6O3S.2C21H23F2N7O2S/c1-13(32)27-18-10-7-15(28-29-18)5-3-4-6-19-30-31-21(35-19)20(33)26-12-14-11-16(8-9-17(14)23)34-22(2,24)25;1-13(31)26-17-8-7-16(27-28-17)5-3-4-6-18-29-30-20(33-18)19(32)25-11-14-9-15(12-24-10-14)21(2,22)23;1-13(31)26-17-8-7-15(27-28-17)5-3-4-6-18-29-30-20(33-18)19(32)25-12-16-11-14(9-10-24-16)21(2,22)23/h7-11H,3-6,12H2,1-2H3,(H,26,33)(H,27,29,32);7-10,12H,3-6,11H2,1-2H3,(H,25,32)(H,26,28,31);7-11H,3-6,12H2,1-2H3,(H,25,32)(H,26,28,31). The lowest BCUT2D eigenvalue weighted by atomic mass is 10.1. The van der Waals surface area contributed by atoms with Gasteiger partial charge in [0.2, 0.25) is 32.7 Å². The molecule has 37 heteroatoms. The third-order valence-electron chi connectivity index (χ3n) is 13.5. The number of benzene rings is 1. The van der Waals surface area contributed by atoms with Gasteiger partial charge in [-0.1, -0.05) is 34.0 Å². The molecule has 0 atom stereocenters. The van der Waals surface area contributed by atoms with Gasteiger partial charge in [-0.05, 0) is 136 Å². The first-order valence-electron chi connectivity index (χ1n) is 31.1. The Morgan fingerprint density at radius 3 is 1.25 bits per heavy atom. The Bertz CT molecular complexity index is 4040. The van der Waals surface area contributed by atoms with Crippen LogP contribution in [-0.2, 0) is 84.4 Å². The predicted molar refractivity (Wildman–Crippen MR) is 357 cm³/mol. The number of pyridine rings is 2. The molecule has 1 aromatic carbocycles. The number of carbonyl (C=O) groups excluding carboxylic acids is 6. The normalized spacial score (nSPS) is 11.3. The van der Waals surface area contributed by atoms with E-state index < -0.39 is 41.5 Å². The lowest BCUT2D eigenvalue weighted by molar-refractivity contribution is -0.159. The zero-order chi connectivity index (χ0) is 73.1. The van der Waals surface area contributed by atoms with Crippen LogP contribution in [0.4, 0.5) is 48.2 Å². The van der Waals surface area contributed by atoms with E-state index in [1.807, 2.05) is 12.1 Å². The van der Waals surface area contributed by atoms with E-state index in [4.69, 9.17) is 0 Å². The summed E-state index contributed by atoms with van der Waals surface area (Å²) in [6.07, 6.45) is 9.45. The van der Waals surface area contributed by atoms with Crippen molar-refractivity contribution in [1.29, 1.82) is 0 Å². The van der Waals surface area contributed by atoms with E-state index in [0.717, 1.165) is 128 Å². The molecule has 534 valence electrons. The van der Waals surface area contributed by atoms with Crippen molar-refractivity contribution < 1.29 is 64.2 Å². The minimum Gasteiger partial charge on any atom is -0.433 e. The Morgan fingerprint density at radius 2 is 0.851 bits per heavy atom. The van der Waals surface area contributed by atoms with Gasteiger partial charge >= 0.3 is 6.11 Å². The Morgan fingerprint density at radius 1 is 0.436 bits per heavy atom. The molecule has 9 aromatic rings. The minimum atomic E-state index is -3.41. The molecule has 0 aliphatic rings. The highest BCUT2D eigenvalue weighted by atomic mass is 32.1. The second-order valence-corrected chi connectivity index (χ2v) is 25.7. The SMILES string of the molecule is CC(=O)Nc1ccc(CCCCc2nnc(C(=O)NCc3cc(C(C)(F)F)ccn3)s2)nn1.CC(=O)Nc1ccc(CCCCc2nnc(C(=O)NCc3cc(OC(C)(F)F)ccc3F)s2)nn1.CC(=O)Nc1ccc(CCCCc2nnc(C(=O)NCc3cncc(C(C)(F)F)c3)s2)nn1. The molecule has 9 rings (SSSR count). The summed E-state index contributed by atoms with van der Waals surface area (Å²) >= 11 is 3.52. The number of rotatable bonds is 31. The summed E-state index contributed by atoms with van der Waals surface area (Å²) < 4.78 is 98.1. The summed E-state index contributed by atoms with van der Waals surface area (Å²) in [5, 5.41) is 66.0. The van der Waals surface area contributed by atoms with E-state index >= 15 is 0 Å². The molecule has 27 nitrogen and oxygen atoms in total. The van der Waals surface area contributed by atoms with Crippen LogP contribution in [0.2, 0.25) is 0 Å². The maximum Gasteiger partial charge on any atom is 0.394 e. The molecule has 0 spiro atoms. The molecule has 6 amide bonds. The average Bonchev–Trinajstić information content (AvgIpc) is 1.88. The lowest BCUT2D eigenvalue weighted by Gasteiger charge is -2.14. The van der Waals surface area contributed by atoms with Gasteiger partial charge in [-0.3, -0.25) is 38.7 Å². The van der Waals surface area contributed by atoms with Crippen molar-refractivity contribution in [2.75, 3.05) is 16.0 Å². The van der Waals surface area contributed by atoms with E-state index in [-0.39, 0.29) is 74.8 Å². The van der Waals surface area contributed by atoms with E-state index in [2.05, 4.69) is 108 Å². The quantitative estimate of drug-likeness (QED) is 0.0174. The van der Waals surface area contributed by atoms with E-state index in [0.29, 0.717) is 66.3 Å². The molecule has 0 radical (unpaired) electrons. The second kappa shape index (κ2) is 37.7. The van der Waals surface area contributed by atoms with Crippen LogP contribution in [0.1, 0.15) is 170 Å². The molecule has 8 heterocycles. The van der Waals surface area contributed by atoms with Gasteiger partial charge in [-0.15, -0.1) is 45.9 Å². The molecule has 6 N–H and O–H groups in total. The first-order valence-corrected chi connectivity index (χ1v) is 33.6. The van der Waals surface area contributed by atoms with Gasteiger partial charge in [-0.2, -0.15) is 24.1 Å². The Labute approximate surface area is 585 Å². The van der Waals surface area contributed by atoms with E-state index in [1.165, 1.54) is 74.0 Å². The minimum absolute atomic E-state index is 0.00181. The number of nitrogens with one attached hydrogen (secondary N) is 6. The van der Waals surface area contributed by atoms with E-state index in [9.17, 15) is 59.5 Å². The fraction of sp³-hybridized carbons (Fsp3) is 0.375. The maximum atomic E-state index is 14.0. The molecule has 0 bridgehead atoms. The zero-order valence-corrected chi connectivity index (χ0v) is 57.7. The summed E-state index contributed by atoms with van der Waals surface area (Å²) in [6, 6.07) is 17.6. The van der Waals surface area contributed by atoms with Crippen LogP contribution in [0.5, 0.6) is 5.75 Å². The van der Waals surface area contributed by atoms with Crippen molar-refractivity contribution in [3.05, 3.63) is 172 Å². The van der Waals surface area contributed by atoms with Gasteiger partial charge in [-0.25, -0.2) is 22.0 Å². The van der Waals surface area contributed by atoms with Crippen LogP contribution < -0.4 is 36.6 Å². The van der Waals surface area contributed by atoms with Crippen molar-refractivity contribution in [2.45, 2.75) is 156 Å². The van der Waals surface area contributed by atoms with Crippen LogP contribution in [0.15, 0.2) is 91.4 Å². The summed E-state index contributed by atoms with van der Waals surface area (Å²) in [5.74, 6) is -7.62. The van der Waals surface area contributed by atoms with Crippen molar-refractivity contribution in [3.63, 3.8) is 0 Å². The number of anilines is 3. The van der Waals surface area contributed by atoms with Crippen LogP contribution in [-0.4, -0.2) is 113 Å². The summed E-state index contributed by atoms with van der Waals surface area (Å²) in [6.45, 7) is 6.24. The number of aromatic nitrogens is 14. The Kier molecular flexibility index (Phi) is 29.1. The fourth-order valence-electron chi connectivity index (χ4n) is 8.69. The number of carbonyl (C=O) groups is 6. The van der Waals surface area contributed by atoms with Gasteiger partial charge in [0.25, 0.3) is 29.6 Å². The van der Waals surface area contributed by atoms with Gasteiger partial charge < -0.3 is 36.6 Å². The number of ether oxygens (including phenoxy) is 1. The predicted octanol–water partition coefficient (Wildman–Crippen LogP) is 10.5. The molecule has 0 unspecified atom stereocenters.